The van der Waals surface area contributed by atoms with Crippen LogP contribution in [-0.4, -0.2) is 29.6 Å². The van der Waals surface area contributed by atoms with Gasteiger partial charge in [0.2, 0.25) is 0 Å². The van der Waals surface area contributed by atoms with Crippen molar-refractivity contribution in [3.05, 3.63) is 47.3 Å². The van der Waals surface area contributed by atoms with E-state index in [9.17, 15) is 9.50 Å². The Hall–Kier alpha value is -0.900. The molecule has 1 aromatic rings. The van der Waals surface area contributed by atoms with Crippen molar-refractivity contribution in [3.8, 4) is 0 Å². The van der Waals surface area contributed by atoms with Crippen LogP contribution in [0.15, 0.2) is 30.9 Å². The van der Waals surface area contributed by atoms with Crippen molar-refractivity contribution in [1.29, 1.82) is 0 Å². The van der Waals surface area contributed by atoms with Gasteiger partial charge in [-0.25, -0.2) is 4.39 Å². The highest BCUT2D eigenvalue weighted by molar-refractivity contribution is 6.30. The number of rotatable bonds is 3. The molecule has 1 heterocycles. The van der Waals surface area contributed by atoms with Crippen molar-refractivity contribution < 1.29 is 9.50 Å². The summed E-state index contributed by atoms with van der Waals surface area (Å²) >= 11 is 5.81. The fourth-order valence-electron chi connectivity index (χ4n) is 2.27. The fraction of sp³-hybridized carbons (Fsp3) is 0.385. The monoisotopic (exact) mass is 255 g/mol. The molecular weight excluding hydrogens is 241 g/mol. The van der Waals surface area contributed by atoms with E-state index in [1.54, 1.807) is 12.1 Å². The van der Waals surface area contributed by atoms with Crippen molar-refractivity contribution in [2.24, 2.45) is 0 Å². The molecule has 17 heavy (non-hydrogen) atoms. The molecule has 1 aromatic carbocycles. The SMILES string of the molecule is C=CCN1CCC(O)(c2cc(F)cc(Cl)c2)C1. The van der Waals surface area contributed by atoms with Gasteiger partial charge in [0.1, 0.15) is 11.4 Å². The lowest BCUT2D eigenvalue weighted by Gasteiger charge is -2.24. The topological polar surface area (TPSA) is 23.5 Å². The molecule has 0 radical (unpaired) electrons. The molecule has 2 nitrogen and oxygen atoms in total. The Kier molecular flexibility index (Phi) is 3.52. The molecule has 1 fully saturated rings. The van der Waals surface area contributed by atoms with Crippen LogP contribution in [0.2, 0.25) is 5.02 Å². The van der Waals surface area contributed by atoms with Crippen molar-refractivity contribution in [3.63, 3.8) is 0 Å². The predicted octanol–water partition coefficient (Wildman–Crippen LogP) is 2.56. The molecule has 0 saturated carbocycles. The highest BCUT2D eigenvalue weighted by atomic mass is 35.5. The molecule has 1 saturated heterocycles. The number of nitrogens with zero attached hydrogens (tertiary/aromatic N) is 1. The fourth-order valence-corrected chi connectivity index (χ4v) is 2.49. The summed E-state index contributed by atoms with van der Waals surface area (Å²) in [5.41, 5.74) is -0.455. The number of halogens is 2. The first-order valence-corrected chi connectivity index (χ1v) is 5.93. The van der Waals surface area contributed by atoms with Crippen LogP contribution in [0.4, 0.5) is 4.39 Å². The zero-order valence-corrected chi connectivity index (χ0v) is 10.3. The molecule has 0 bridgehead atoms. The summed E-state index contributed by atoms with van der Waals surface area (Å²) < 4.78 is 13.3. The molecule has 92 valence electrons. The molecule has 1 unspecified atom stereocenters. The van der Waals surface area contributed by atoms with Gasteiger partial charge in [0, 0.05) is 24.7 Å². The Labute approximate surface area is 105 Å². The number of hydrogen-bond acceptors (Lipinski definition) is 2. The predicted molar refractivity (Wildman–Crippen MR) is 66.6 cm³/mol. The number of hydrogen-bond donors (Lipinski definition) is 1. The van der Waals surface area contributed by atoms with Crippen LogP contribution < -0.4 is 0 Å². The van der Waals surface area contributed by atoms with Gasteiger partial charge in [0.15, 0.2) is 0 Å². The zero-order chi connectivity index (χ0) is 12.5. The molecule has 0 amide bonds. The number of benzene rings is 1. The third-order valence-corrected chi connectivity index (χ3v) is 3.33. The first-order chi connectivity index (χ1) is 8.03. The van der Waals surface area contributed by atoms with Gasteiger partial charge in [-0.15, -0.1) is 6.58 Å². The molecule has 2 rings (SSSR count). The minimum Gasteiger partial charge on any atom is -0.384 e. The van der Waals surface area contributed by atoms with Crippen LogP contribution in [0.1, 0.15) is 12.0 Å². The highest BCUT2D eigenvalue weighted by Gasteiger charge is 2.37. The number of aliphatic hydroxyl groups is 1. The van der Waals surface area contributed by atoms with Gasteiger partial charge in [-0.2, -0.15) is 0 Å². The third kappa shape index (κ3) is 2.68. The van der Waals surface area contributed by atoms with Crippen LogP contribution in [0.5, 0.6) is 0 Å². The quantitative estimate of drug-likeness (QED) is 0.840. The van der Waals surface area contributed by atoms with Gasteiger partial charge < -0.3 is 5.11 Å². The van der Waals surface area contributed by atoms with Crippen molar-refractivity contribution >= 4 is 11.6 Å². The van der Waals surface area contributed by atoms with Crippen LogP contribution in [0.3, 0.4) is 0 Å². The smallest absolute Gasteiger partial charge is 0.125 e. The summed E-state index contributed by atoms with van der Waals surface area (Å²) in [6.07, 6.45) is 2.38. The van der Waals surface area contributed by atoms with E-state index in [1.807, 2.05) is 0 Å². The molecule has 1 aliphatic heterocycles. The largest absolute Gasteiger partial charge is 0.384 e. The minimum atomic E-state index is -1.01. The van der Waals surface area contributed by atoms with E-state index >= 15 is 0 Å². The van der Waals surface area contributed by atoms with Gasteiger partial charge in [-0.05, 0) is 30.2 Å². The van der Waals surface area contributed by atoms with Gasteiger partial charge in [-0.3, -0.25) is 4.90 Å². The third-order valence-electron chi connectivity index (χ3n) is 3.11. The Morgan fingerprint density at radius 3 is 2.94 bits per heavy atom. The van der Waals surface area contributed by atoms with E-state index < -0.39 is 11.4 Å². The Morgan fingerprint density at radius 2 is 2.29 bits per heavy atom. The summed E-state index contributed by atoms with van der Waals surface area (Å²) in [4.78, 5) is 2.08. The Bertz CT molecular complexity index is 417. The lowest BCUT2D eigenvalue weighted by atomic mass is 9.93. The zero-order valence-electron chi connectivity index (χ0n) is 9.50. The van der Waals surface area contributed by atoms with Crippen LogP contribution in [0, 0.1) is 5.82 Å². The second-order valence-electron chi connectivity index (χ2n) is 4.46. The maximum Gasteiger partial charge on any atom is 0.125 e. The molecule has 4 heteroatoms. The van der Waals surface area contributed by atoms with Crippen LogP contribution >= 0.6 is 11.6 Å². The van der Waals surface area contributed by atoms with Crippen LogP contribution in [-0.2, 0) is 5.60 Å². The van der Waals surface area contributed by atoms with Crippen LogP contribution in [0.25, 0.3) is 0 Å². The van der Waals surface area contributed by atoms with Gasteiger partial charge in [-0.1, -0.05) is 17.7 Å². The lowest BCUT2D eigenvalue weighted by Crippen LogP contribution is -2.31. The normalized spacial score (nSPS) is 25.1. The van der Waals surface area contributed by atoms with E-state index in [0.29, 0.717) is 23.6 Å². The lowest BCUT2D eigenvalue weighted by molar-refractivity contribution is 0.0471. The minimum absolute atomic E-state index is 0.315. The molecule has 0 spiro atoms. The summed E-state index contributed by atoms with van der Waals surface area (Å²) in [6.45, 7) is 5.66. The molecule has 0 aromatic heterocycles. The summed E-state index contributed by atoms with van der Waals surface area (Å²) in [5.74, 6) is -0.414. The maximum atomic E-state index is 13.3. The van der Waals surface area contributed by atoms with Gasteiger partial charge >= 0.3 is 0 Å². The standard InChI is InChI=1S/C13H15ClFNO/c1-2-4-16-5-3-13(17,9-16)10-6-11(14)8-12(15)7-10/h2,6-8,17H,1,3-5,9H2. The van der Waals surface area contributed by atoms with Crippen molar-refractivity contribution in [2.75, 3.05) is 19.6 Å². The Balaban J connectivity index is 2.24. The second kappa shape index (κ2) is 4.77. The first-order valence-electron chi connectivity index (χ1n) is 5.56. The van der Waals surface area contributed by atoms with E-state index in [-0.39, 0.29) is 0 Å². The molecule has 1 aliphatic rings. The summed E-state index contributed by atoms with van der Waals surface area (Å²) in [7, 11) is 0. The molecule has 1 atom stereocenters. The summed E-state index contributed by atoms with van der Waals surface area (Å²) in [6, 6.07) is 4.22. The van der Waals surface area contributed by atoms with Crippen molar-refractivity contribution in [1.82, 2.24) is 4.90 Å². The second-order valence-corrected chi connectivity index (χ2v) is 4.90. The molecule has 0 aliphatic carbocycles. The Morgan fingerprint density at radius 1 is 1.53 bits per heavy atom. The molecule has 1 N–H and O–H groups in total. The number of likely N-dealkylation sites (tertiary alicyclic amines) is 1. The average Bonchev–Trinajstić information content (AvgIpc) is 2.61. The van der Waals surface area contributed by atoms with Crippen molar-refractivity contribution in [2.45, 2.75) is 12.0 Å². The summed E-state index contributed by atoms with van der Waals surface area (Å²) in [5, 5.41) is 10.8. The van der Waals surface area contributed by atoms with Gasteiger partial charge in [0.25, 0.3) is 0 Å². The first kappa shape index (κ1) is 12.6. The maximum absolute atomic E-state index is 13.3. The van der Waals surface area contributed by atoms with E-state index in [2.05, 4.69) is 11.5 Å². The van der Waals surface area contributed by atoms with E-state index in [4.69, 9.17) is 11.6 Å². The molecular formula is C13H15ClFNO. The van der Waals surface area contributed by atoms with E-state index in [0.717, 1.165) is 13.1 Å². The van der Waals surface area contributed by atoms with Gasteiger partial charge in [0.05, 0.1) is 0 Å². The van der Waals surface area contributed by atoms with E-state index in [1.165, 1.54) is 12.1 Å². The average molecular weight is 256 g/mol. The number of β-amino-alcohol motifs (C(OH)–C–C–N with tert-alkyl or cyclic N) is 1. The highest BCUT2D eigenvalue weighted by Crippen LogP contribution is 2.33.